The molecule has 116 valence electrons. The van der Waals surface area contributed by atoms with Crippen LogP contribution in [-0.4, -0.2) is 24.2 Å². The summed E-state index contributed by atoms with van der Waals surface area (Å²) in [7, 11) is 0. The van der Waals surface area contributed by atoms with Gasteiger partial charge in [0.1, 0.15) is 13.0 Å². The van der Waals surface area contributed by atoms with E-state index in [2.05, 4.69) is 0 Å². The van der Waals surface area contributed by atoms with Crippen LogP contribution in [0.4, 0.5) is 17.6 Å². The highest BCUT2D eigenvalue weighted by Crippen LogP contribution is 2.39. The van der Waals surface area contributed by atoms with Gasteiger partial charge in [0.25, 0.3) is 0 Å². The van der Waals surface area contributed by atoms with Crippen LogP contribution in [-0.2, 0) is 5.60 Å². The molecule has 0 amide bonds. The first-order valence-electron chi connectivity index (χ1n) is 6.33. The number of halogens is 4. The molecule has 22 heavy (non-hydrogen) atoms. The molecule has 0 saturated carbocycles. The fraction of sp³-hybridized carbons (Fsp3) is 0.188. The summed E-state index contributed by atoms with van der Waals surface area (Å²) in [6.07, 6.45) is -4.42. The van der Waals surface area contributed by atoms with Crippen LogP contribution in [0.2, 0.25) is 0 Å². The molecule has 0 radical (unpaired) electrons. The Morgan fingerprint density at radius 2 is 1.36 bits per heavy atom. The van der Waals surface area contributed by atoms with Crippen molar-refractivity contribution in [1.82, 2.24) is 0 Å². The largest absolute Gasteiger partial charge is 0.424 e. The smallest absolute Gasteiger partial charge is 0.374 e. The van der Waals surface area contributed by atoms with Gasteiger partial charge < -0.3 is 5.11 Å². The van der Waals surface area contributed by atoms with E-state index >= 15 is 0 Å². The normalized spacial score (nSPS) is 14.4. The molecule has 0 fully saturated rings. The van der Waals surface area contributed by atoms with E-state index in [1.165, 1.54) is 12.1 Å². The number of aldehydes is 1. The topological polar surface area (TPSA) is 37.3 Å². The Kier molecular flexibility index (Phi) is 4.32. The van der Waals surface area contributed by atoms with Crippen molar-refractivity contribution in [2.24, 2.45) is 0 Å². The van der Waals surface area contributed by atoms with E-state index < -0.39 is 24.0 Å². The third kappa shape index (κ3) is 2.87. The Morgan fingerprint density at radius 3 is 1.73 bits per heavy atom. The molecule has 1 unspecified atom stereocenters. The monoisotopic (exact) mass is 312 g/mol. The third-order valence-corrected chi connectivity index (χ3v) is 3.40. The summed E-state index contributed by atoms with van der Waals surface area (Å²) in [6.45, 7) is -1.95. The molecule has 0 spiro atoms. The second kappa shape index (κ2) is 5.88. The summed E-state index contributed by atoms with van der Waals surface area (Å²) in [4.78, 5) is 10.6. The van der Waals surface area contributed by atoms with Gasteiger partial charge in [0, 0.05) is 5.56 Å². The van der Waals surface area contributed by atoms with Gasteiger partial charge in [-0.25, -0.2) is 4.39 Å². The van der Waals surface area contributed by atoms with Crippen molar-refractivity contribution in [2.45, 2.75) is 11.8 Å². The van der Waals surface area contributed by atoms with Crippen molar-refractivity contribution in [1.29, 1.82) is 0 Å². The van der Waals surface area contributed by atoms with E-state index in [-0.39, 0.29) is 0 Å². The van der Waals surface area contributed by atoms with Crippen molar-refractivity contribution in [3.8, 4) is 11.1 Å². The Morgan fingerprint density at radius 1 is 0.909 bits per heavy atom. The van der Waals surface area contributed by atoms with Crippen LogP contribution in [0.25, 0.3) is 11.1 Å². The average Bonchev–Trinajstić information content (AvgIpc) is 2.53. The first-order valence-corrected chi connectivity index (χ1v) is 6.33. The third-order valence-electron chi connectivity index (χ3n) is 3.40. The number of carbonyl (C=O) groups is 1. The van der Waals surface area contributed by atoms with E-state index in [4.69, 9.17) is 0 Å². The number of rotatable bonds is 4. The summed E-state index contributed by atoms with van der Waals surface area (Å²) in [5, 5.41) is 9.52. The lowest BCUT2D eigenvalue weighted by Crippen LogP contribution is -2.44. The van der Waals surface area contributed by atoms with Crippen molar-refractivity contribution >= 4 is 6.29 Å². The van der Waals surface area contributed by atoms with Crippen molar-refractivity contribution < 1.29 is 27.5 Å². The molecular weight excluding hydrogens is 300 g/mol. The molecule has 0 bridgehead atoms. The SMILES string of the molecule is O=Cc1ccc(-c2ccc(C(O)(CF)C(F)(F)F)cc2)cc1. The molecule has 0 aliphatic rings. The molecule has 0 aliphatic heterocycles. The lowest BCUT2D eigenvalue weighted by atomic mass is 9.92. The molecule has 1 N–H and O–H groups in total. The van der Waals surface area contributed by atoms with E-state index in [0.29, 0.717) is 23.0 Å². The maximum Gasteiger partial charge on any atom is 0.424 e. The fourth-order valence-electron chi connectivity index (χ4n) is 2.01. The minimum absolute atomic E-state index is 0.476. The second-order valence-electron chi connectivity index (χ2n) is 4.81. The zero-order chi connectivity index (χ0) is 16.4. The van der Waals surface area contributed by atoms with E-state index in [9.17, 15) is 27.5 Å². The quantitative estimate of drug-likeness (QED) is 0.687. The predicted octanol–water partition coefficient (Wildman–Crippen LogP) is 3.89. The number of aliphatic hydroxyl groups is 1. The molecule has 0 aliphatic carbocycles. The molecular formula is C16H12F4O2. The van der Waals surface area contributed by atoms with Gasteiger partial charge in [0.15, 0.2) is 0 Å². The summed E-state index contributed by atoms with van der Waals surface area (Å²) in [6, 6.07) is 11.2. The lowest BCUT2D eigenvalue weighted by Gasteiger charge is -2.28. The summed E-state index contributed by atoms with van der Waals surface area (Å²) in [5.41, 5.74) is -2.31. The van der Waals surface area contributed by atoms with E-state index in [0.717, 1.165) is 12.1 Å². The summed E-state index contributed by atoms with van der Waals surface area (Å²) >= 11 is 0. The first kappa shape index (κ1) is 16.2. The number of benzene rings is 2. The maximum atomic E-state index is 12.8. The number of hydrogen-bond donors (Lipinski definition) is 1. The van der Waals surface area contributed by atoms with E-state index in [1.807, 2.05) is 0 Å². The van der Waals surface area contributed by atoms with Gasteiger partial charge in [-0.1, -0.05) is 48.5 Å². The molecule has 2 rings (SSSR count). The van der Waals surface area contributed by atoms with Crippen molar-refractivity contribution in [3.05, 3.63) is 59.7 Å². The number of hydrogen-bond acceptors (Lipinski definition) is 2. The lowest BCUT2D eigenvalue weighted by molar-refractivity contribution is -0.271. The van der Waals surface area contributed by atoms with Crippen LogP contribution in [0.3, 0.4) is 0 Å². The van der Waals surface area contributed by atoms with Gasteiger partial charge >= 0.3 is 6.18 Å². The molecule has 1 atom stereocenters. The molecule has 2 aromatic rings. The number of alkyl halides is 4. The standard InChI is InChI=1S/C16H12F4O2/c17-10-15(22,16(18,19)20)14-7-5-13(6-8-14)12-3-1-11(9-21)2-4-12/h1-9,22H,10H2. The van der Waals surface area contributed by atoms with Gasteiger partial charge in [0.05, 0.1) is 0 Å². The maximum absolute atomic E-state index is 12.8. The van der Waals surface area contributed by atoms with Crippen LogP contribution in [0.15, 0.2) is 48.5 Å². The Bertz CT molecular complexity index is 647. The van der Waals surface area contributed by atoms with Gasteiger partial charge in [-0.2, -0.15) is 13.2 Å². The van der Waals surface area contributed by atoms with Crippen LogP contribution < -0.4 is 0 Å². The summed E-state index contributed by atoms with van der Waals surface area (Å²) in [5.74, 6) is 0. The highest BCUT2D eigenvalue weighted by molar-refractivity contribution is 5.76. The molecule has 6 heteroatoms. The zero-order valence-electron chi connectivity index (χ0n) is 11.3. The highest BCUT2D eigenvalue weighted by atomic mass is 19.4. The van der Waals surface area contributed by atoms with Gasteiger partial charge in [-0.15, -0.1) is 0 Å². The Balaban J connectivity index is 2.35. The van der Waals surface area contributed by atoms with Gasteiger partial charge in [-0.05, 0) is 16.7 Å². The molecule has 2 aromatic carbocycles. The van der Waals surface area contributed by atoms with Crippen LogP contribution in [0.1, 0.15) is 15.9 Å². The van der Waals surface area contributed by atoms with Gasteiger partial charge in [0.2, 0.25) is 5.60 Å². The van der Waals surface area contributed by atoms with Crippen LogP contribution in [0.5, 0.6) is 0 Å². The minimum Gasteiger partial charge on any atom is -0.374 e. The molecule has 0 aromatic heterocycles. The van der Waals surface area contributed by atoms with Crippen molar-refractivity contribution in [2.75, 3.05) is 6.67 Å². The molecule has 2 nitrogen and oxygen atoms in total. The van der Waals surface area contributed by atoms with E-state index in [1.54, 1.807) is 24.3 Å². The Hall–Kier alpha value is -2.21. The fourth-order valence-corrected chi connectivity index (χ4v) is 2.01. The van der Waals surface area contributed by atoms with Crippen LogP contribution >= 0.6 is 0 Å². The average molecular weight is 312 g/mol. The van der Waals surface area contributed by atoms with Crippen LogP contribution in [0, 0.1) is 0 Å². The van der Waals surface area contributed by atoms with Crippen molar-refractivity contribution in [3.63, 3.8) is 0 Å². The summed E-state index contributed by atoms with van der Waals surface area (Å²) < 4.78 is 51.0. The highest BCUT2D eigenvalue weighted by Gasteiger charge is 2.55. The zero-order valence-corrected chi connectivity index (χ0v) is 11.3. The molecule has 0 heterocycles. The minimum atomic E-state index is -5.10. The number of carbonyl (C=O) groups excluding carboxylic acids is 1. The predicted molar refractivity (Wildman–Crippen MR) is 73.2 cm³/mol. The second-order valence-corrected chi connectivity index (χ2v) is 4.81. The Labute approximate surface area is 124 Å². The first-order chi connectivity index (χ1) is 10.3. The molecule has 0 saturated heterocycles. The van der Waals surface area contributed by atoms with Gasteiger partial charge in [-0.3, -0.25) is 4.79 Å².